The lowest BCUT2D eigenvalue weighted by Gasteiger charge is -2.22. The minimum atomic E-state index is -2.95. The summed E-state index contributed by atoms with van der Waals surface area (Å²) in [6, 6.07) is 17.2. The fourth-order valence-corrected chi connectivity index (χ4v) is 3.49. The Morgan fingerprint density at radius 1 is 0.976 bits per heavy atom. The largest absolute Gasteiger partial charge is 0.459 e. The molecule has 1 atom stereocenters. The van der Waals surface area contributed by atoms with E-state index < -0.39 is 30.3 Å². The van der Waals surface area contributed by atoms with E-state index in [0.717, 1.165) is 11.8 Å². The highest BCUT2D eigenvalue weighted by molar-refractivity contribution is 5.81. The summed E-state index contributed by atoms with van der Waals surface area (Å²) in [4.78, 5) is 33.6. The number of nitrogens with one attached hydrogen (secondary N) is 1. The zero-order valence-corrected chi connectivity index (χ0v) is 23.0. The number of pyridine rings is 1. The monoisotopic (exact) mass is 582 g/mol. The molecule has 2 aromatic carbocycles. The molecular weight excluding hydrogens is 554 g/mol. The topological polar surface area (TPSA) is 135 Å². The van der Waals surface area contributed by atoms with Crippen molar-refractivity contribution in [1.82, 2.24) is 20.4 Å². The van der Waals surface area contributed by atoms with Gasteiger partial charge in [0.15, 0.2) is 0 Å². The smallest absolute Gasteiger partial charge is 0.408 e. The molecule has 0 spiro atoms. The summed E-state index contributed by atoms with van der Waals surface area (Å²) in [5.41, 5.74) is 0.579. The number of alkyl halides is 2. The van der Waals surface area contributed by atoms with E-state index in [4.69, 9.17) is 18.7 Å². The van der Waals surface area contributed by atoms with Gasteiger partial charge in [0.1, 0.15) is 29.7 Å². The molecule has 0 unspecified atom stereocenters. The molecule has 2 aromatic heterocycles. The second-order valence-electron chi connectivity index (χ2n) is 9.85. The van der Waals surface area contributed by atoms with E-state index in [1.54, 1.807) is 45.0 Å². The molecule has 0 saturated carbocycles. The first-order chi connectivity index (χ1) is 20.0. The highest BCUT2D eigenvalue weighted by atomic mass is 19.3. The van der Waals surface area contributed by atoms with Crippen molar-refractivity contribution < 1.29 is 41.8 Å². The Kier molecular flexibility index (Phi) is 9.63. The molecule has 11 nitrogen and oxygen atoms in total. The first-order valence-electron chi connectivity index (χ1n) is 12.8. The van der Waals surface area contributed by atoms with E-state index in [1.807, 2.05) is 30.3 Å². The maximum Gasteiger partial charge on any atom is 0.408 e. The molecular formula is C29H28F2N4O7. The molecule has 0 fully saturated rings. The molecule has 1 N–H and O–H groups in total. The zero-order valence-electron chi connectivity index (χ0n) is 23.0. The van der Waals surface area contributed by atoms with Crippen LogP contribution >= 0.6 is 0 Å². The Hall–Kier alpha value is -5.07. The van der Waals surface area contributed by atoms with Crippen LogP contribution in [0, 0.1) is 0 Å². The Bertz CT molecular complexity index is 1460. The number of halogens is 2. The van der Waals surface area contributed by atoms with Gasteiger partial charge in [-0.3, -0.25) is 0 Å². The third-order valence-electron chi connectivity index (χ3n) is 5.32. The number of benzene rings is 2. The first-order valence-corrected chi connectivity index (χ1v) is 12.8. The van der Waals surface area contributed by atoms with Crippen LogP contribution in [0.2, 0.25) is 0 Å². The van der Waals surface area contributed by atoms with Crippen molar-refractivity contribution in [2.75, 3.05) is 0 Å². The van der Waals surface area contributed by atoms with Gasteiger partial charge in [-0.25, -0.2) is 14.6 Å². The van der Waals surface area contributed by atoms with Crippen molar-refractivity contribution >= 4 is 12.1 Å². The van der Waals surface area contributed by atoms with Crippen LogP contribution in [0.15, 0.2) is 77.4 Å². The fourth-order valence-electron chi connectivity index (χ4n) is 3.49. The predicted octanol–water partition coefficient (Wildman–Crippen LogP) is 5.70. The van der Waals surface area contributed by atoms with Crippen LogP contribution in [0.25, 0.3) is 11.4 Å². The van der Waals surface area contributed by atoms with Gasteiger partial charge in [0.05, 0.1) is 12.6 Å². The normalized spacial score (nSPS) is 12.0. The van der Waals surface area contributed by atoms with Crippen molar-refractivity contribution in [1.29, 1.82) is 0 Å². The molecule has 4 rings (SSSR count). The first kappa shape index (κ1) is 29.9. The molecule has 0 radical (unpaired) electrons. The molecule has 0 bridgehead atoms. The zero-order chi connectivity index (χ0) is 30.1. The molecule has 0 aliphatic heterocycles. The van der Waals surface area contributed by atoms with Crippen LogP contribution in [-0.2, 0) is 27.3 Å². The van der Waals surface area contributed by atoms with Crippen LogP contribution in [0.1, 0.15) is 32.2 Å². The van der Waals surface area contributed by atoms with Gasteiger partial charge in [-0.05, 0) is 56.7 Å². The van der Waals surface area contributed by atoms with Crippen molar-refractivity contribution in [3.8, 4) is 28.8 Å². The summed E-state index contributed by atoms with van der Waals surface area (Å²) in [6.45, 7) is 2.17. The van der Waals surface area contributed by atoms with E-state index in [2.05, 4.69) is 25.2 Å². The van der Waals surface area contributed by atoms with Gasteiger partial charge in [-0.1, -0.05) is 35.5 Å². The summed E-state index contributed by atoms with van der Waals surface area (Å²) in [5, 5.41) is 6.49. The van der Waals surface area contributed by atoms with Gasteiger partial charge in [0, 0.05) is 11.6 Å². The molecule has 220 valence electrons. The Morgan fingerprint density at radius 2 is 1.69 bits per heavy atom. The highest BCUT2D eigenvalue weighted by Crippen LogP contribution is 2.25. The standard InChI is InChI=1S/C29H28F2N4O7/c1-29(2,3)41-28(37)33-22(26(36)38-17-18-7-5-4-6-8-18)15-24-34-25(35-42-24)19-9-11-20(12-10-19)39-23-14-13-21(16-32-23)40-27(30)31/h4-14,16,22,27H,15,17H2,1-3H3,(H,33,37)/t22-/m0/s1. The van der Waals surface area contributed by atoms with Crippen LogP contribution in [-0.4, -0.2) is 45.4 Å². The lowest BCUT2D eigenvalue weighted by atomic mass is 10.2. The number of carbonyl (C=O) groups excluding carboxylic acids is 2. The van der Waals surface area contributed by atoms with Crippen LogP contribution in [0.4, 0.5) is 13.6 Å². The third-order valence-corrected chi connectivity index (χ3v) is 5.32. The number of hydrogen-bond donors (Lipinski definition) is 1. The SMILES string of the molecule is CC(C)(C)OC(=O)N[C@@H](Cc1nc(-c2ccc(Oc3ccc(OC(F)F)cn3)cc2)no1)C(=O)OCc1ccccc1. The number of ether oxygens (including phenoxy) is 4. The summed E-state index contributed by atoms with van der Waals surface area (Å²) in [7, 11) is 0. The summed E-state index contributed by atoms with van der Waals surface area (Å²) in [6.07, 6.45) is 0.182. The lowest BCUT2D eigenvalue weighted by molar-refractivity contribution is -0.147. The number of amides is 1. The number of esters is 1. The molecule has 0 saturated heterocycles. The van der Waals surface area contributed by atoms with Crippen molar-refractivity contribution in [3.63, 3.8) is 0 Å². The molecule has 42 heavy (non-hydrogen) atoms. The van der Waals surface area contributed by atoms with E-state index in [0.29, 0.717) is 11.3 Å². The molecule has 13 heteroatoms. The maximum atomic E-state index is 12.9. The quantitative estimate of drug-likeness (QED) is 0.219. The minimum Gasteiger partial charge on any atom is -0.459 e. The van der Waals surface area contributed by atoms with Gasteiger partial charge in [-0.15, -0.1) is 0 Å². The van der Waals surface area contributed by atoms with Crippen LogP contribution < -0.4 is 14.8 Å². The van der Waals surface area contributed by atoms with E-state index in [1.165, 1.54) is 12.1 Å². The van der Waals surface area contributed by atoms with E-state index >= 15 is 0 Å². The number of alkyl carbamates (subject to hydrolysis) is 1. The number of rotatable bonds is 11. The van der Waals surface area contributed by atoms with Crippen molar-refractivity contribution in [3.05, 3.63) is 84.4 Å². The Morgan fingerprint density at radius 3 is 2.33 bits per heavy atom. The summed E-state index contributed by atoms with van der Waals surface area (Å²) >= 11 is 0. The predicted molar refractivity (Wildman–Crippen MR) is 144 cm³/mol. The van der Waals surface area contributed by atoms with Gasteiger partial charge in [0.2, 0.25) is 17.6 Å². The number of carbonyl (C=O) groups is 2. The number of hydrogen-bond acceptors (Lipinski definition) is 10. The molecule has 1 amide bonds. The van der Waals surface area contributed by atoms with Gasteiger partial charge >= 0.3 is 18.7 Å². The van der Waals surface area contributed by atoms with Gasteiger partial charge in [-0.2, -0.15) is 13.8 Å². The van der Waals surface area contributed by atoms with E-state index in [9.17, 15) is 18.4 Å². The number of aromatic nitrogens is 3. The Labute approximate surface area is 239 Å². The van der Waals surface area contributed by atoms with Crippen LogP contribution in [0.3, 0.4) is 0 Å². The Balaban J connectivity index is 1.40. The van der Waals surface area contributed by atoms with Gasteiger partial charge in [0.25, 0.3) is 0 Å². The molecule has 2 heterocycles. The lowest BCUT2D eigenvalue weighted by Crippen LogP contribution is -2.45. The van der Waals surface area contributed by atoms with Crippen LogP contribution in [0.5, 0.6) is 17.4 Å². The summed E-state index contributed by atoms with van der Waals surface area (Å²) in [5.74, 6) is 0.117. The highest BCUT2D eigenvalue weighted by Gasteiger charge is 2.28. The molecule has 0 aliphatic carbocycles. The maximum absolute atomic E-state index is 12.9. The van der Waals surface area contributed by atoms with Gasteiger partial charge < -0.3 is 28.8 Å². The second-order valence-corrected chi connectivity index (χ2v) is 9.85. The average Bonchev–Trinajstić information content (AvgIpc) is 3.41. The van der Waals surface area contributed by atoms with Crippen molar-refractivity contribution in [2.45, 2.75) is 52.1 Å². The number of nitrogens with zero attached hydrogens (tertiary/aromatic N) is 3. The fraction of sp³-hybridized carbons (Fsp3) is 0.276. The minimum absolute atomic E-state index is 0.0127. The van der Waals surface area contributed by atoms with E-state index in [-0.39, 0.29) is 36.4 Å². The molecule has 0 aliphatic rings. The van der Waals surface area contributed by atoms with Crippen molar-refractivity contribution in [2.24, 2.45) is 0 Å². The second kappa shape index (κ2) is 13.5. The summed E-state index contributed by atoms with van der Waals surface area (Å²) < 4.78 is 50.5. The molecule has 4 aromatic rings. The average molecular weight is 583 g/mol. The third kappa shape index (κ3) is 9.25.